The van der Waals surface area contributed by atoms with Gasteiger partial charge in [-0.1, -0.05) is 59.8 Å². The van der Waals surface area contributed by atoms with E-state index in [-0.39, 0.29) is 0 Å². The third kappa shape index (κ3) is 2.55. The molecule has 0 spiro atoms. The minimum Gasteiger partial charge on any atom is -0.247 e. The number of aryl methyl sites for hydroxylation is 1. The lowest BCUT2D eigenvalue weighted by Gasteiger charge is -2.01. The Morgan fingerprint density at radius 1 is 0.947 bits per heavy atom. The minimum atomic E-state index is 0.750. The predicted molar refractivity (Wildman–Crippen MR) is 75.7 cm³/mol. The number of aromatic nitrogens is 3. The quantitative estimate of drug-likeness (QED) is 0.713. The van der Waals surface area contributed by atoms with E-state index in [4.69, 9.17) is 0 Å². The number of benzene rings is 2. The number of hydrogen-bond acceptors (Lipinski definition) is 2. The maximum atomic E-state index is 4.26. The van der Waals surface area contributed by atoms with E-state index in [9.17, 15) is 0 Å². The summed E-state index contributed by atoms with van der Waals surface area (Å²) in [5.41, 5.74) is 4.51. The van der Waals surface area contributed by atoms with Gasteiger partial charge in [-0.15, -0.1) is 5.10 Å². The third-order valence-corrected chi connectivity index (χ3v) is 3.15. The molecular weight excluding hydrogens is 234 g/mol. The lowest BCUT2D eigenvalue weighted by Crippen LogP contribution is -1.99. The maximum absolute atomic E-state index is 4.26. The summed E-state index contributed by atoms with van der Waals surface area (Å²) in [7, 11) is 0. The van der Waals surface area contributed by atoms with Crippen LogP contribution in [0.3, 0.4) is 0 Å². The summed E-state index contributed by atoms with van der Waals surface area (Å²) in [6, 6.07) is 18.5. The van der Waals surface area contributed by atoms with Gasteiger partial charge in [0.2, 0.25) is 0 Å². The number of hydrogen-bond donors (Lipinski definition) is 0. The monoisotopic (exact) mass is 249 g/mol. The van der Waals surface area contributed by atoms with Gasteiger partial charge in [0, 0.05) is 5.56 Å². The van der Waals surface area contributed by atoms with Crippen LogP contribution in [0.4, 0.5) is 0 Å². The molecule has 0 aliphatic rings. The minimum absolute atomic E-state index is 0.750. The van der Waals surface area contributed by atoms with Gasteiger partial charge >= 0.3 is 0 Å². The van der Waals surface area contributed by atoms with Gasteiger partial charge in [0.25, 0.3) is 0 Å². The molecule has 3 rings (SSSR count). The molecule has 0 aliphatic carbocycles. The molecule has 2 aromatic carbocycles. The van der Waals surface area contributed by atoms with Crippen molar-refractivity contribution in [1.82, 2.24) is 15.0 Å². The molecule has 0 amide bonds. The van der Waals surface area contributed by atoms with E-state index in [1.807, 2.05) is 41.2 Å². The molecule has 3 heteroatoms. The molecule has 1 aromatic heterocycles. The van der Waals surface area contributed by atoms with Crippen LogP contribution in [0.2, 0.25) is 0 Å². The summed E-state index contributed by atoms with van der Waals surface area (Å²) >= 11 is 0. The van der Waals surface area contributed by atoms with Crippen LogP contribution in [-0.4, -0.2) is 15.0 Å². The van der Waals surface area contributed by atoms with Gasteiger partial charge in [0.05, 0.1) is 12.7 Å². The summed E-state index contributed by atoms with van der Waals surface area (Å²) < 4.78 is 1.87. The molecule has 0 aliphatic heterocycles. The first-order chi connectivity index (χ1) is 9.33. The zero-order valence-electron chi connectivity index (χ0n) is 10.8. The molecule has 94 valence electrons. The molecule has 0 atom stereocenters. The zero-order valence-corrected chi connectivity index (χ0v) is 10.8. The van der Waals surface area contributed by atoms with Crippen LogP contribution >= 0.6 is 0 Å². The Bertz CT molecular complexity index is 671. The molecule has 0 saturated heterocycles. The highest BCUT2D eigenvalue weighted by atomic mass is 15.4. The number of rotatable bonds is 3. The van der Waals surface area contributed by atoms with E-state index in [0.717, 1.165) is 17.8 Å². The fraction of sp³-hybridized carbons (Fsp3) is 0.125. The highest BCUT2D eigenvalue weighted by Gasteiger charge is 2.06. The van der Waals surface area contributed by atoms with Crippen molar-refractivity contribution >= 4 is 0 Å². The summed E-state index contributed by atoms with van der Waals surface area (Å²) in [5.74, 6) is 0. The average Bonchev–Trinajstić information content (AvgIpc) is 2.89. The van der Waals surface area contributed by atoms with E-state index in [0.29, 0.717) is 0 Å². The van der Waals surface area contributed by atoms with Gasteiger partial charge in [-0.25, -0.2) is 4.68 Å². The molecule has 1 heterocycles. The average molecular weight is 249 g/mol. The maximum Gasteiger partial charge on any atom is 0.113 e. The van der Waals surface area contributed by atoms with Crippen LogP contribution in [0.5, 0.6) is 0 Å². The van der Waals surface area contributed by atoms with Gasteiger partial charge in [-0.2, -0.15) is 0 Å². The fourth-order valence-corrected chi connectivity index (χ4v) is 2.13. The van der Waals surface area contributed by atoms with Crippen LogP contribution in [0.15, 0.2) is 60.8 Å². The summed E-state index contributed by atoms with van der Waals surface area (Å²) in [5, 5.41) is 8.45. The van der Waals surface area contributed by atoms with Crippen molar-refractivity contribution in [3.05, 3.63) is 71.9 Å². The first kappa shape index (κ1) is 11.7. The Balaban J connectivity index is 1.86. The zero-order chi connectivity index (χ0) is 13.1. The normalized spacial score (nSPS) is 10.6. The second-order valence-electron chi connectivity index (χ2n) is 4.60. The SMILES string of the molecule is Cc1ccccc1-c1cn(Cc2ccccc2)nn1. The van der Waals surface area contributed by atoms with Crippen molar-refractivity contribution in [3.8, 4) is 11.3 Å². The van der Waals surface area contributed by atoms with E-state index < -0.39 is 0 Å². The molecular formula is C16H15N3. The first-order valence-corrected chi connectivity index (χ1v) is 6.33. The molecule has 19 heavy (non-hydrogen) atoms. The Morgan fingerprint density at radius 3 is 2.47 bits per heavy atom. The van der Waals surface area contributed by atoms with Crippen molar-refractivity contribution in [2.24, 2.45) is 0 Å². The van der Waals surface area contributed by atoms with E-state index >= 15 is 0 Å². The van der Waals surface area contributed by atoms with E-state index in [1.54, 1.807) is 0 Å². The van der Waals surface area contributed by atoms with Gasteiger partial charge in [-0.05, 0) is 18.1 Å². The Kier molecular flexibility index (Phi) is 3.11. The summed E-state index contributed by atoms with van der Waals surface area (Å²) in [4.78, 5) is 0. The van der Waals surface area contributed by atoms with Crippen molar-refractivity contribution in [2.45, 2.75) is 13.5 Å². The Labute approximate surface area is 112 Å². The number of nitrogens with zero attached hydrogens (tertiary/aromatic N) is 3. The summed E-state index contributed by atoms with van der Waals surface area (Å²) in [6.07, 6.45) is 2.00. The van der Waals surface area contributed by atoms with E-state index in [2.05, 4.69) is 41.5 Å². The lowest BCUT2D eigenvalue weighted by atomic mass is 10.1. The lowest BCUT2D eigenvalue weighted by molar-refractivity contribution is 0.650. The Morgan fingerprint density at radius 2 is 1.68 bits per heavy atom. The largest absolute Gasteiger partial charge is 0.247 e. The van der Waals surface area contributed by atoms with Gasteiger partial charge in [-0.3, -0.25) is 0 Å². The first-order valence-electron chi connectivity index (χ1n) is 6.33. The molecule has 3 aromatic rings. The molecule has 3 nitrogen and oxygen atoms in total. The predicted octanol–water partition coefficient (Wildman–Crippen LogP) is 3.30. The van der Waals surface area contributed by atoms with Crippen LogP contribution in [0.25, 0.3) is 11.3 Å². The van der Waals surface area contributed by atoms with Gasteiger partial charge in [0.15, 0.2) is 0 Å². The molecule has 0 fully saturated rings. The third-order valence-electron chi connectivity index (χ3n) is 3.15. The molecule has 0 radical (unpaired) electrons. The van der Waals surface area contributed by atoms with Crippen molar-refractivity contribution in [1.29, 1.82) is 0 Å². The van der Waals surface area contributed by atoms with E-state index in [1.165, 1.54) is 11.1 Å². The van der Waals surface area contributed by atoms with Crippen LogP contribution in [-0.2, 0) is 6.54 Å². The fourth-order valence-electron chi connectivity index (χ4n) is 2.13. The Hall–Kier alpha value is -2.42. The molecule has 0 saturated carbocycles. The van der Waals surface area contributed by atoms with Gasteiger partial charge < -0.3 is 0 Å². The van der Waals surface area contributed by atoms with Crippen LogP contribution < -0.4 is 0 Å². The second kappa shape index (κ2) is 5.06. The highest BCUT2D eigenvalue weighted by Crippen LogP contribution is 2.20. The van der Waals surface area contributed by atoms with Crippen molar-refractivity contribution in [3.63, 3.8) is 0 Å². The highest BCUT2D eigenvalue weighted by molar-refractivity contribution is 5.61. The van der Waals surface area contributed by atoms with Crippen molar-refractivity contribution in [2.75, 3.05) is 0 Å². The topological polar surface area (TPSA) is 30.7 Å². The standard InChI is InChI=1S/C16H15N3/c1-13-7-5-6-10-15(13)16-12-19(18-17-16)11-14-8-3-2-4-9-14/h2-10,12H,11H2,1H3. The second-order valence-corrected chi connectivity index (χ2v) is 4.60. The molecule has 0 bridgehead atoms. The van der Waals surface area contributed by atoms with Gasteiger partial charge in [0.1, 0.15) is 5.69 Å². The van der Waals surface area contributed by atoms with Crippen LogP contribution in [0.1, 0.15) is 11.1 Å². The molecule has 0 unspecified atom stereocenters. The molecule has 0 N–H and O–H groups in total. The van der Waals surface area contributed by atoms with Crippen LogP contribution in [0, 0.1) is 6.92 Å². The van der Waals surface area contributed by atoms with Crippen molar-refractivity contribution < 1.29 is 0 Å². The smallest absolute Gasteiger partial charge is 0.113 e. The summed E-state index contributed by atoms with van der Waals surface area (Å²) in [6.45, 7) is 2.84.